The van der Waals surface area contributed by atoms with Crippen LogP contribution in [0.5, 0.6) is 0 Å². The number of thiophene rings is 1. The van der Waals surface area contributed by atoms with Crippen molar-refractivity contribution in [2.24, 2.45) is 5.92 Å². The topological polar surface area (TPSA) is 92.4 Å². The summed E-state index contributed by atoms with van der Waals surface area (Å²) >= 11 is 1.74. The van der Waals surface area contributed by atoms with Crippen LogP contribution in [0.4, 0.5) is 0 Å². The average Bonchev–Trinajstić information content (AvgIpc) is 3.20. The van der Waals surface area contributed by atoms with E-state index in [0.717, 1.165) is 28.9 Å². The van der Waals surface area contributed by atoms with Crippen LogP contribution in [-0.2, 0) is 12.8 Å². The lowest BCUT2D eigenvalue weighted by Crippen LogP contribution is -2.37. The van der Waals surface area contributed by atoms with Crippen LogP contribution in [0, 0.1) is 12.8 Å². The van der Waals surface area contributed by atoms with Crippen LogP contribution in [0.3, 0.4) is 0 Å². The van der Waals surface area contributed by atoms with Crippen molar-refractivity contribution in [3.8, 4) is 0 Å². The van der Waals surface area contributed by atoms with Gasteiger partial charge in [-0.05, 0) is 44.1 Å². The van der Waals surface area contributed by atoms with E-state index in [2.05, 4.69) is 22.3 Å². The van der Waals surface area contributed by atoms with Crippen LogP contribution >= 0.6 is 11.3 Å². The van der Waals surface area contributed by atoms with Gasteiger partial charge in [0, 0.05) is 4.88 Å². The number of aliphatic hydroxyl groups is 1. The fourth-order valence-corrected chi connectivity index (χ4v) is 4.83. The highest BCUT2D eigenvalue weighted by Crippen LogP contribution is 2.38. The molecule has 3 aromatic rings. The van der Waals surface area contributed by atoms with Crippen molar-refractivity contribution < 1.29 is 9.90 Å². The first kappa shape index (κ1) is 17.4. The Hall–Kier alpha value is -2.06. The summed E-state index contributed by atoms with van der Waals surface area (Å²) in [6.45, 7) is 5.96. The predicted molar refractivity (Wildman–Crippen MR) is 101 cm³/mol. The van der Waals surface area contributed by atoms with Crippen molar-refractivity contribution >= 4 is 33.1 Å². The van der Waals surface area contributed by atoms with Gasteiger partial charge in [0.2, 0.25) is 5.82 Å². The monoisotopic (exact) mass is 373 g/mol. The molecule has 138 valence electrons. The highest BCUT2D eigenvalue weighted by Gasteiger charge is 2.25. The SMILES string of the molecule is CCC(CO)NC(=O)c1nc2c3c4c(sc3nc(C)n2n1)CCC(C)C4. The first-order valence-electron chi connectivity index (χ1n) is 9.11. The molecule has 2 N–H and O–H groups in total. The molecular formula is C18H23N5O2S. The number of amides is 1. The summed E-state index contributed by atoms with van der Waals surface area (Å²) in [6.07, 6.45) is 3.96. The summed E-state index contributed by atoms with van der Waals surface area (Å²) in [6, 6.07) is -0.289. The summed E-state index contributed by atoms with van der Waals surface area (Å²) in [5.41, 5.74) is 2.03. The number of rotatable bonds is 4. The zero-order valence-corrected chi connectivity index (χ0v) is 16.1. The van der Waals surface area contributed by atoms with Crippen LogP contribution in [0.25, 0.3) is 15.9 Å². The van der Waals surface area contributed by atoms with E-state index >= 15 is 0 Å². The fourth-order valence-electron chi connectivity index (χ4n) is 3.57. The minimum absolute atomic E-state index is 0.101. The zero-order chi connectivity index (χ0) is 18.4. The Kier molecular flexibility index (Phi) is 4.40. The van der Waals surface area contributed by atoms with Gasteiger partial charge in [-0.2, -0.15) is 4.52 Å². The maximum absolute atomic E-state index is 12.5. The van der Waals surface area contributed by atoms with Gasteiger partial charge in [-0.1, -0.05) is 13.8 Å². The lowest BCUT2D eigenvalue weighted by molar-refractivity contribution is 0.0904. The van der Waals surface area contributed by atoms with Gasteiger partial charge in [0.25, 0.3) is 5.91 Å². The predicted octanol–water partition coefficient (Wildman–Crippen LogP) is 2.27. The number of carbonyl (C=O) groups is 1. The molecule has 0 saturated heterocycles. The molecular weight excluding hydrogens is 350 g/mol. The second kappa shape index (κ2) is 6.59. The largest absolute Gasteiger partial charge is 0.394 e. The third-order valence-corrected chi connectivity index (χ3v) is 6.33. The van der Waals surface area contributed by atoms with Crippen LogP contribution < -0.4 is 5.32 Å². The molecule has 0 aromatic carbocycles. The van der Waals surface area contributed by atoms with Gasteiger partial charge in [0.1, 0.15) is 10.7 Å². The van der Waals surface area contributed by atoms with Crippen molar-refractivity contribution in [2.75, 3.05) is 6.61 Å². The number of carbonyl (C=O) groups excluding carboxylic acids is 1. The second-order valence-electron chi connectivity index (χ2n) is 7.12. The lowest BCUT2D eigenvalue weighted by atomic mass is 9.89. The van der Waals surface area contributed by atoms with Crippen molar-refractivity contribution in [3.63, 3.8) is 0 Å². The Balaban J connectivity index is 1.84. The molecule has 0 aliphatic heterocycles. The van der Waals surface area contributed by atoms with E-state index in [4.69, 9.17) is 4.98 Å². The van der Waals surface area contributed by atoms with E-state index in [-0.39, 0.29) is 24.4 Å². The van der Waals surface area contributed by atoms with Crippen LogP contribution in [0.1, 0.15) is 53.6 Å². The van der Waals surface area contributed by atoms with E-state index < -0.39 is 0 Å². The Bertz CT molecular complexity index is 989. The summed E-state index contributed by atoms with van der Waals surface area (Å²) in [5.74, 6) is 1.12. The van der Waals surface area contributed by atoms with E-state index in [9.17, 15) is 9.90 Å². The Labute approximate surface area is 155 Å². The highest BCUT2D eigenvalue weighted by atomic mass is 32.1. The molecule has 0 spiro atoms. The first-order chi connectivity index (χ1) is 12.5. The minimum Gasteiger partial charge on any atom is -0.394 e. The molecule has 3 heterocycles. The average molecular weight is 373 g/mol. The Morgan fingerprint density at radius 1 is 1.46 bits per heavy atom. The summed E-state index contributed by atoms with van der Waals surface area (Å²) in [7, 11) is 0. The summed E-state index contributed by atoms with van der Waals surface area (Å²) in [5, 5.41) is 17.5. The number of nitrogens with one attached hydrogen (secondary N) is 1. The number of nitrogens with zero attached hydrogens (tertiary/aromatic N) is 4. The smallest absolute Gasteiger partial charge is 0.291 e. The second-order valence-corrected chi connectivity index (χ2v) is 8.21. The molecule has 7 nitrogen and oxygen atoms in total. The standard InChI is InChI=1S/C18H23N5O2S/c1-4-11(8-24)20-17(25)15-21-16-14-12-7-9(2)5-6-13(12)26-18(14)19-10(3)23(16)22-15/h9,11,24H,4-8H2,1-3H3,(H,20,25). The van der Waals surface area contributed by atoms with Gasteiger partial charge in [0.05, 0.1) is 18.0 Å². The molecule has 2 atom stereocenters. The van der Waals surface area contributed by atoms with Gasteiger partial charge in [-0.15, -0.1) is 16.4 Å². The molecule has 0 fully saturated rings. The maximum Gasteiger partial charge on any atom is 0.291 e. The molecule has 0 saturated carbocycles. The molecule has 4 rings (SSSR count). The molecule has 8 heteroatoms. The summed E-state index contributed by atoms with van der Waals surface area (Å²) < 4.78 is 1.67. The van der Waals surface area contributed by atoms with Gasteiger partial charge in [-0.3, -0.25) is 4.79 Å². The molecule has 1 aliphatic carbocycles. The van der Waals surface area contributed by atoms with Gasteiger partial charge in [0.15, 0.2) is 5.65 Å². The number of aryl methyl sites for hydroxylation is 2. The molecule has 1 aliphatic rings. The minimum atomic E-state index is -0.361. The number of fused-ring (bicyclic) bond motifs is 5. The van der Waals surface area contributed by atoms with Crippen molar-refractivity contribution in [1.82, 2.24) is 24.9 Å². The third kappa shape index (κ3) is 2.77. The van der Waals surface area contributed by atoms with E-state index in [1.165, 1.54) is 16.9 Å². The molecule has 0 radical (unpaired) electrons. The Morgan fingerprint density at radius 3 is 3.00 bits per heavy atom. The maximum atomic E-state index is 12.5. The van der Waals surface area contributed by atoms with Crippen LogP contribution in [0.2, 0.25) is 0 Å². The van der Waals surface area contributed by atoms with Gasteiger partial charge < -0.3 is 10.4 Å². The van der Waals surface area contributed by atoms with E-state index in [1.807, 2.05) is 13.8 Å². The zero-order valence-electron chi connectivity index (χ0n) is 15.2. The number of hydrogen-bond acceptors (Lipinski definition) is 6. The third-order valence-electron chi connectivity index (χ3n) is 5.14. The van der Waals surface area contributed by atoms with Crippen molar-refractivity contribution in [2.45, 2.75) is 52.5 Å². The molecule has 2 unspecified atom stereocenters. The highest BCUT2D eigenvalue weighted by molar-refractivity contribution is 7.19. The Morgan fingerprint density at radius 2 is 2.27 bits per heavy atom. The van der Waals surface area contributed by atoms with Crippen molar-refractivity contribution in [1.29, 1.82) is 0 Å². The van der Waals surface area contributed by atoms with E-state index in [0.29, 0.717) is 18.0 Å². The number of hydrogen-bond donors (Lipinski definition) is 2. The molecule has 1 amide bonds. The van der Waals surface area contributed by atoms with Crippen LogP contribution in [0.15, 0.2) is 0 Å². The number of aromatic nitrogens is 4. The lowest BCUT2D eigenvalue weighted by Gasteiger charge is -2.17. The summed E-state index contributed by atoms with van der Waals surface area (Å²) in [4.78, 5) is 24.1. The molecule has 0 bridgehead atoms. The van der Waals surface area contributed by atoms with E-state index in [1.54, 1.807) is 15.9 Å². The number of aliphatic hydroxyl groups excluding tert-OH is 1. The normalized spacial score (nSPS) is 18.2. The molecule has 26 heavy (non-hydrogen) atoms. The van der Waals surface area contributed by atoms with Crippen LogP contribution in [-0.4, -0.2) is 43.2 Å². The van der Waals surface area contributed by atoms with Gasteiger partial charge in [-0.25, -0.2) is 9.97 Å². The first-order valence-corrected chi connectivity index (χ1v) is 9.92. The van der Waals surface area contributed by atoms with Gasteiger partial charge >= 0.3 is 0 Å². The van der Waals surface area contributed by atoms with Crippen molar-refractivity contribution in [3.05, 3.63) is 22.1 Å². The quantitative estimate of drug-likeness (QED) is 0.732. The molecule has 3 aromatic heterocycles. The fraction of sp³-hybridized carbons (Fsp3) is 0.556.